The van der Waals surface area contributed by atoms with E-state index in [1.54, 1.807) is 18.2 Å². The molecular weight excluding hydrogens is 361 g/mol. The van der Waals surface area contributed by atoms with Crippen LogP contribution >= 0.6 is 15.9 Å². The van der Waals surface area contributed by atoms with E-state index in [1.165, 1.54) is 12.1 Å². The fourth-order valence-corrected chi connectivity index (χ4v) is 3.60. The molecule has 0 saturated heterocycles. The average Bonchev–Trinajstić information content (AvgIpc) is 2.85. The fraction of sp³-hybridized carbons (Fsp3) is 0.143. The quantitative estimate of drug-likeness (QED) is 0.900. The van der Waals surface area contributed by atoms with E-state index in [9.17, 15) is 12.8 Å². The lowest BCUT2D eigenvalue weighted by molar-refractivity contribution is 0.357. The van der Waals surface area contributed by atoms with Gasteiger partial charge in [-0.05, 0) is 42.0 Å². The third-order valence-corrected chi connectivity index (χ3v) is 5.03. The Balaban J connectivity index is 1.92. The highest BCUT2D eigenvalue weighted by atomic mass is 79.9. The second-order valence-electron chi connectivity index (χ2n) is 4.60. The van der Waals surface area contributed by atoms with Crippen LogP contribution in [0, 0.1) is 5.82 Å². The third-order valence-electron chi connectivity index (χ3n) is 3.13. The highest BCUT2D eigenvalue weighted by Crippen LogP contribution is 2.29. The fourth-order valence-electron chi connectivity index (χ4n) is 2.15. The zero-order chi connectivity index (χ0) is 15.0. The maximum atomic E-state index is 13.8. The van der Waals surface area contributed by atoms with Crippen molar-refractivity contribution in [1.82, 2.24) is 0 Å². The smallest absolute Gasteiger partial charge is 0.264 e. The molecule has 0 spiro atoms. The van der Waals surface area contributed by atoms with Crippen molar-refractivity contribution in [2.24, 2.45) is 0 Å². The lowest BCUT2D eigenvalue weighted by Crippen LogP contribution is -2.14. The standard InChI is InChI=1S/C14H11BrFNO3S/c15-10-1-4-14(12(16)8-10)21(18,19)17-11-2-3-13-9(7-11)5-6-20-13/h1-4,7-8,17H,5-6H2. The van der Waals surface area contributed by atoms with Crippen LogP contribution in [0.5, 0.6) is 5.75 Å². The van der Waals surface area contributed by atoms with Crippen LogP contribution in [-0.4, -0.2) is 15.0 Å². The number of ether oxygens (including phenoxy) is 1. The number of fused-ring (bicyclic) bond motifs is 1. The van der Waals surface area contributed by atoms with Gasteiger partial charge in [-0.15, -0.1) is 0 Å². The Morgan fingerprint density at radius 3 is 2.76 bits per heavy atom. The molecule has 0 aliphatic carbocycles. The Hall–Kier alpha value is -1.60. The van der Waals surface area contributed by atoms with Gasteiger partial charge in [0.2, 0.25) is 0 Å². The molecule has 0 saturated carbocycles. The molecule has 21 heavy (non-hydrogen) atoms. The molecule has 0 unspecified atom stereocenters. The maximum Gasteiger partial charge on any atom is 0.264 e. The summed E-state index contributed by atoms with van der Waals surface area (Å²) in [7, 11) is -3.96. The molecule has 0 amide bonds. The average molecular weight is 372 g/mol. The van der Waals surface area contributed by atoms with Crippen LogP contribution in [0.25, 0.3) is 0 Å². The van der Waals surface area contributed by atoms with Crippen LogP contribution in [0.15, 0.2) is 45.8 Å². The normalized spacial score (nSPS) is 13.6. The number of halogens is 2. The summed E-state index contributed by atoms with van der Waals surface area (Å²) in [5, 5.41) is 0. The summed E-state index contributed by atoms with van der Waals surface area (Å²) in [6, 6.07) is 8.82. The van der Waals surface area contributed by atoms with E-state index in [2.05, 4.69) is 20.7 Å². The van der Waals surface area contributed by atoms with Crippen molar-refractivity contribution in [1.29, 1.82) is 0 Å². The molecular formula is C14H11BrFNO3S. The summed E-state index contributed by atoms with van der Waals surface area (Å²) in [4.78, 5) is -0.387. The first-order valence-electron chi connectivity index (χ1n) is 6.19. The minimum Gasteiger partial charge on any atom is -0.493 e. The van der Waals surface area contributed by atoms with Gasteiger partial charge >= 0.3 is 0 Å². The second-order valence-corrected chi connectivity index (χ2v) is 7.17. The highest BCUT2D eigenvalue weighted by Gasteiger charge is 2.20. The van der Waals surface area contributed by atoms with E-state index in [4.69, 9.17) is 4.74 Å². The number of hydrogen-bond donors (Lipinski definition) is 1. The maximum absolute atomic E-state index is 13.8. The van der Waals surface area contributed by atoms with Gasteiger partial charge in [0.1, 0.15) is 16.5 Å². The molecule has 3 rings (SSSR count). The lowest BCUT2D eigenvalue weighted by Gasteiger charge is -2.10. The van der Waals surface area contributed by atoms with Gasteiger partial charge in [0.25, 0.3) is 10.0 Å². The zero-order valence-electron chi connectivity index (χ0n) is 10.8. The summed E-state index contributed by atoms with van der Waals surface area (Å²) in [5.41, 5.74) is 1.33. The van der Waals surface area contributed by atoms with E-state index in [1.807, 2.05) is 0 Å². The Kier molecular flexibility index (Phi) is 3.62. The first-order valence-corrected chi connectivity index (χ1v) is 8.47. The van der Waals surface area contributed by atoms with Crippen molar-refractivity contribution in [3.63, 3.8) is 0 Å². The van der Waals surface area contributed by atoms with Gasteiger partial charge in [0, 0.05) is 16.6 Å². The molecule has 1 aliphatic heterocycles. The molecule has 7 heteroatoms. The molecule has 2 aromatic rings. The molecule has 0 aromatic heterocycles. The largest absolute Gasteiger partial charge is 0.493 e. The van der Waals surface area contributed by atoms with Gasteiger partial charge in [0.15, 0.2) is 0 Å². The van der Waals surface area contributed by atoms with Crippen LogP contribution in [-0.2, 0) is 16.4 Å². The van der Waals surface area contributed by atoms with Crippen molar-refractivity contribution in [2.45, 2.75) is 11.3 Å². The first-order chi connectivity index (χ1) is 9.95. The van der Waals surface area contributed by atoms with E-state index in [0.29, 0.717) is 16.8 Å². The summed E-state index contributed by atoms with van der Waals surface area (Å²) in [6.07, 6.45) is 0.734. The molecule has 4 nitrogen and oxygen atoms in total. The van der Waals surface area contributed by atoms with Gasteiger partial charge in [-0.2, -0.15) is 0 Å². The second kappa shape index (κ2) is 5.31. The van der Waals surface area contributed by atoms with E-state index in [0.717, 1.165) is 23.8 Å². The van der Waals surface area contributed by atoms with Crippen molar-refractivity contribution < 1.29 is 17.5 Å². The first kappa shape index (κ1) is 14.3. The molecule has 1 aliphatic rings. The SMILES string of the molecule is O=S(=O)(Nc1ccc2c(c1)CCO2)c1ccc(Br)cc1F. The van der Waals surface area contributed by atoms with Crippen LogP contribution < -0.4 is 9.46 Å². The van der Waals surface area contributed by atoms with Crippen molar-refractivity contribution in [3.8, 4) is 5.75 Å². The van der Waals surface area contributed by atoms with Gasteiger partial charge in [-0.1, -0.05) is 15.9 Å². The van der Waals surface area contributed by atoms with Crippen LogP contribution in [0.4, 0.5) is 10.1 Å². The van der Waals surface area contributed by atoms with Crippen LogP contribution in [0.1, 0.15) is 5.56 Å². The summed E-state index contributed by atoms with van der Waals surface area (Å²) < 4.78 is 46.5. The molecule has 0 atom stereocenters. The van der Waals surface area contributed by atoms with E-state index >= 15 is 0 Å². The van der Waals surface area contributed by atoms with Crippen molar-refractivity contribution in [2.75, 3.05) is 11.3 Å². The third kappa shape index (κ3) is 2.89. The number of nitrogens with one attached hydrogen (secondary N) is 1. The van der Waals surface area contributed by atoms with Crippen molar-refractivity contribution >= 4 is 31.6 Å². The molecule has 1 N–H and O–H groups in total. The predicted molar refractivity (Wildman–Crippen MR) is 80.5 cm³/mol. The molecule has 0 fully saturated rings. The molecule has 0 bridgehead atoms. The molecule has 2 aromatic carbocycles. The summed E-state index contributed by atoms with van der Waals surface area (Å²) in [5.74, 6) is -0.0471. The highest BCUT2D eigenvalue weighted by molar-refractivity contribution is 9.10. The minimum atomic E-state index is -3.96. The van der Waals surface area contributed by atoms with Crippen molar-refractivity contribution in [3.05, 3.63) is 52.3 Å². The van der Waals surface area contributed by atoms with Gasteiger partial charge in [0.05, 0.1) is 6.61 Å². The monoisotopic (exact) mass is 371 g/mol. The number of rotatable bonds is 3. The number of benzene rings is 2. The number of anilines is 1. The summed E-state index contributed by atoms with van der Waals surface area (Å²) in [6.45, 7) is 0.590. The summed E-state index contributed by atoms with van der Waals surface area (Å²) >= 11 is 3.09. The van der Waals surface area contributed by atoms with E-state index in [-0.39, 0.29) is 4.90 Å². The van der Waals surface area contributed by atoms with Crippen LogP contribution in [0.2, 0.25) is 0 Å². The van der Waals surface area contributed by atoms with Gasteiger partial charge in [-0.25, -0.2) is 12.8 Å². The molecule has 110 valence electrons. The predicted octanol–water partition coefficient (Wildman–Crippen LogP) is 3.32. The van der Waals surface area contributed by atoms with Gasteiger partial charge < -0.3 is 4.74 Å². The van der Waals surface area contributed by atoms with Crippen LogP contribution in [0.3, 0.4) is 0 Å². The lowest BCUT2D eigenvalue weighted by atomic mass is 10.1. The Bertz CT molecular complexity index is 808. The molecule has 1 heterocycles. The Morgan fingerprint density at radius 1 is 1.19 bits per heavy atom. The number of hydrogen-bond acceptors (Lipinski definition) is 3. The zero-order valence-corrected chi connectivity index (χ0v) is 13.2. The topological polar surface area (TPSA) is 55.4 Å². The Labute approximate surface area is 130 Å². The number of sulfonamides is 1. The Morgan fingerprint density at radius 2 is 2.00 bits per heavy atom. The van der Waals surface area contributed by atoms with E-state index < -0.39 is 15.8 Å². The molecule has 0 radical (unpaired) electrons. The van der Waals surface area contributed by atoms with Gasteiger partial charge in [-0.3, -0.25) is 4.72 Å². The minimum absolute atomic E-state index is 0.387.